The van der Waals surface area contributed by atoms with Gasteiger partial charge in [-0.3, -0.25) is 0 Å². The van der Waals surface area contributed by atoms with Crippen LogP contribution in [0, 0.1) is 39.9 Å². The molecule has 2 aliphatic rings. The van der Waals surface area contributed by atoms with Gasteiger partial charge in [-0.25, -0.2) is 29.9 Å². The van der Waals surface area contributed by atoms with Crippen LogP contribution in [0.3, 0.4) is 0 Å². The van der Waals surface area contributed by atoms with Gasteiger partial charge in [0.25, 0.3) is 0 Å². The van der Waals surface area contributed by atoms with Crippen LogP contribution in [0.2, 0.25) is 0 Å². The quantitative estimate of drug-likeness (QED) is 0.176. The Bertz CT molecular complexity index is 2030. The van der Waals surface area contributed by atoms with Crippen LogP contribution in [-0.2, 0) is 0 Å². The summed E-state index contributed by atoms with van der Waals surface area (Å²) in [7, 11) is 0. The van der Waals surface area contributed by atoms with E-state index in [1.54, 1.807) is 0 Å². The van der Waals surface area contributed by atoms with Gasteiger partial charge in [0.1, 0.15) is 22.6 Å². The molecule has 0 radical (unpaired) electrons. The van der Waals surface area contributed by atoms with Crippen molar-refractivity contribution >= 4 is 44.1 Å². The molecule has 8 bridgehead atoms. The number of aromatic amines is 2. The van der Waals surface area contributed by atoms with Gasteiger partial charge in [-0.15, -0.1) is 0 Å². The number of rotatable bonds is 0. The van der Waals surface area contributed by atoms with E-state index in [4.69, 9.17) is 29.9 Å². The molecule has 4 aromatic carbocycles. The van der Waals surface area contributed by atoms with Crippen LogP contribution in [0.25, 0.3) is 89.7 Å². The third-order valence-corrected chi connectivity index (χ3v) is 7.46. The molecular formula is C32H18N8Th. The van der Waals surface area contributed by atoms with Crippen LogP contribution in [0.15, 0.2) is 97.1 Å². The molecule has 8 nitrogen and oxygen atoms in total. The van der Waals surface area contributed by atoms with Crippen LogP contribution < -0.4 is 0 Å². The second kappa shape index (κ2) is 9.31. The maximum absolute atomic E-state index is 5.02. The molecule has 0 saturated carbocycles. The first-order chi connectivity index (χ1) is 19.8. The van der Waals surface area contributed by atoms with Gasteiger partial charge in [0.15, 0.2) is 23.3 Å². The molecule has 2 aliphatic heterocycles. The maximum Gasteiger partial charge on any atom is 0.164 e. The number of hydrogen-bond acceptors (Lipinski definition) is 6. The number of H-pyrrole nitrogens is 2. The summed E-state index contributed by atoms with van der Waals surface area (Å²) in [6.07, 6.45) is 0. The van der Waals surface area contributed by atoms with Gasteiger partial charge in [-0.2, -0.15) is 0 Å². The molecule has 9 rings (SSSR count). The van der Waals surface area contributed by atoms with Crippen molar-refractivity contribution in [2.45, 2.75) is 0 Å². The standard InChI is InChI=1S/C32H18N8.Th/c1-2-10-18-17(9-1)25-33-26(18)38-28-21-13-5-6-14-22(21)30(35-28)40-32-24-16-8-7-15-23(24)31(36-32)39-29-20-12-4-3-11-19(20)27(34-29)37-25;/h1-16H,(H2,33,34,35,36,37,38,39,40);. The predicted molar refractivity (Wildman–Crippen MR) is 156 cm³/mol. The largest absolute Gasteiger partial charge is 0.324 e. The first-order valence-corrected chi connectivity index (χ1v) is 13.0. The summed E-state index contributed by atoms with van der Waals surface area (Å²) in [6.45, 7) is 0. The molecule has 0 unspecified atom stereocenters. The van der Waals surface area contributed by atoms with Gasteiger partial charge in [-0.05, 0) is 0 Å². The van der Waals surface area contributed by atoms with E-state index in [2.05, 4.69) is 9.97 Å². The zero-order chi connectivity index (χ0) is 26.2. The van der Waals surface area contributed by atoms with Gasteiger partial charge in [0.2, 0.25) is 0 Å². The summed E-state index contributed by atoms with van der Waals surface area (Å²) >= 11 is 0. The fourth-order valence-corrected chi connectivity index (χ4v) is 5.59. The minimum absolute atomic E-state index is 0. The van der Waals surface area contributed by atoms with E-state index in [9.17, 15) is 0 Å². The first kappa shape index (κ1) is 24.4. The molecular weight excluding hydrogens is 728 g/mol. The Morgan fingerprint density at radius 2 is 0.561 bits per heavy atom. The Hall–Kier alpha value is -4.44. The molecule has 7 aromatic rings. The third-order valence-electron chi connectivity index (χ3n) is 7.46. The van der Waals surface area contributed by atoms with Crippen LogP contribution in [0.1, 0.15) is 0 Å². The van der Waals surface area contributed by atoms with Crippen molar-refractivity contribution in [3.63, 3.8) is 0 Å². The molecule has 41 heavy (non-hydrogen) atoms. The number of fused-ring (bicyclic) bond motifs is 20. The minimum Gasteiger partial charge on any atom is -0.324 e. The molecule has 5 heterocycles. The molecule has 0 amide bonds. The van der Waals surface area contributed by atoms with Crippen molar-refractivity contribution in [3.8, 4) is 45.6 Å². The number of nitrogens with one attached hydrogen (secondary N) is 2. The summed E-state index contributed by atoms with van der Waals surface area (Å²) in [6, 6.07) is 32.2. The van der Waals surface area contributed by atoms with Gasteiger partial charge in [-0.1, -0.05) is 97.1 Å². The van der Waals surface area contributed by atoms with Crippen LogP contribution >= 0.6 is 0 Å². The maximum atomic E-state index is 5.02. The smallest absolute Gasteiger partial charge is 0.164 e. The van der Waals surface area contributed by atoms with Crippen molar-refractivity contribution in [2.24, 2.45) is 0 Å². The van der Waals surface area contributed by atoms with Gasteiger partial charge in [0, 0.05) is 83.7 Å². The van der Waals surface area contributed by atoms with E-state index in [1.807, 2.05) is 97.1 Å². The number of benzene rings is 4. The Morgan fingerprint density at radius 1 is 0.317 bits per heavy atom. The van der Waals surface area contributed by atoms with Crippen LogP contribution in [0.4, 0.5) is 0 Å². The van der Waals surface area contributed by atoms with E-state index >= 15 is 0 Å². The molecule has 3 aromatic heterocycles. The SMILES string of the molecule is [Th].c1ccc2c(c1)-c1nc-2nc2[nH]c(nc3nc(nc4[nH]c(n1)c1ccccc41)-c1ccccc1-3)c1ccccc21. The summed E-state index contributed by atoms with van der Waals surface area (Å²) in [5, 5.41) is 3.82. The summed E-state index contributed by atoms with van der Waals surface area (Å²) < 4.78 is 0. The number of nitrogens with zero attached hydrogens (tertiary/aromatic N) is 6. The molecule has 0 spiro atoms. The summed E-state index contributed by atoms with van der Waals surface area (Å²) in [5.41, 5.74) is 6.45. The molecule has 0 fully saturated rings. The molecule has 2 N–H and O–H groups in total. The predicted octanol–water partition coefficient (Wildman–Crippen LogP) is 6.87. The fourth-order valence-electron chi connectivity index (χ4n) is 5.59. The Kier molecular flexibility index (Phi) is 5.53. The molecule has 9 heteroatoms. The average molecular weight is 747 g/mol. The van der Waals surface area contributed by atoms with E-state index < -0.39 is 0 Å². The van der Waals surface area contributed by atoms with E-state index in [0.29, 0.717) is 45.9 Å². The molecule has 0 atom stereocenters. The van der Waals surface area contributed by atoms with Crippen molar-refractivity contribution in [2.75, 3.05) is 0 Å². The van der Waals surface area contributed by atoms with Crippen molar-refractivity contribution < 1.29 is 39.9 Å². The second-order valence-corrected chi connectivity index (χ2v) is 9.79. The topological polar surface area (TPSA) is 109 Å². The summed E-state index contributed by atoms with van der Waals surface area (Å²) in [4.78, 5) is 36.8. The van der Waals surface area contributed by atoms with Crippen molar-refractivity contribution in [1.82, 2.24) is 39.9 Å². The van der Waals surface area contributed by atoms with E-state index in [1.165, 1.54) is 0 Å². The Balaban J connectivity index is 0.00000256. The van der Waals surface area contributed by atoms with E-state index in [0.717, 1.165) is 43.8 Å². The zero-order valence-electron chi connectivity index (χ0n) is 21.4. The first-order valence-electron chi connectivity index (χ1n) is 13.0. The second-order valence-electron chi connectivity index (χ2n) is 9.79. The third kappa shape index (κ3) is 3.74. The Morgan fingerprint density at radius 3 is 0.829 bits per heavy atom. The van der Waals surface area contributed by atoms with Gasteiger partial charge >= 0.3 is 0 Å². The number of aromatic nitrogens is 8. The fraction of sp³-hybridized carbons (Fsp3) is 0. The zero-order valence-corrected chi connectivity index (χ0v) is 25.5. The van der Waals surface area contributed by atoms with Crippen molar-refractivity contribution in [1.29, 1.82) is 0 Å². The van der Waals surface area contributed by atoms with Gasteiger partial charge in [0.05, 0.1) is 0 Å². The van der Waals surface area contributed by atoms with Crippen molar-refractivity contribution in [3.05, 3.63) is 97.1 Å². The molecule has 0 saturated heterocycles. The minimum atomic E-state index is 0. The van der Waals surface area contributed by atoms with E-state index in [-0.39, 0.29) is 39.9 Å². The van der Waals surface area contributed by atoms with Crippen LogP contribution in [0.5, 0.6) is 0 Å². The molecule has 190 valence electrons. The number of hydrogen-bond donors (Lipinski definition) is 2. The Labute approximate surface area is 264 Å². The van der Waals surface area contributed by atoms with Gasteiger partial charge < -0.3 is 9.97 Å². The van der Waals surface area contributed by atoms with Crippen LogP contribution in [-0.4, -0.2) is 39.9 Å². The monoisotopic (exact) mass is 746 g/mol. The average Bonchev–Trinajstić information content (AvgIpc) is 3.73. The molecule has 0 aliphatic carbocycles. The summed E-state index contributed by atoms with van der Waals surface area (Å²) in [5.74, 6) is 2.39. The normalized spacial score (nSPS) is 11.7.